The molecule has 0 aliphatic carbocycles. The molecule has 0 bridgehead atoms. The number of hydrogen-bond acceptors (Lipinski definition) is 5. The molecule has 1 aromatic heterocycles. The Hall–Kier alpha value is -2.64. The minimum absolute atomic E-state index is 0.149. The Morgan fingerprint density at radius 3 is 2.57 bits per heavy atom. The number of carbonyl (C=O) groups excluding carboxylic acids is 2. The number of aromatic nitrogens is 1. The highest BCUT2D eigenvalue weighted by Crippen LogP contribution is 2.08. The second-order valence-electron chi connectivity index (χ2n) is 4.13. The molecule has 0 radical (unpaired) electrons. The third-order valence-electron chi connectivity index (χ3n) is 2.62. The Morgan fingerprint density at radius 1 is 1.38 bits per heavy atom. The van der Waals surface area contributed by atoms with Crippen LogP contribution in [-0.2, 0) is 20.7 Å². The van der Waals surface area contributed by atoms with Crippen molar-refractivity contribution in [3.8, 4) is 0 Å². The third-order valence-corrected chi connectivity index (χ3v) is 2.62. The molecule has 0 unspecified atom stereocenters. The maximum atomic E-state index is 11.9. The van der Waals surface area contributed by atoms with E-state index in [1.165, 1.54) is 24.3 Å². The fourth-order valence-corrected chi connectivity index (χ4v) is 1.51. The van der Waals surface area contributed by atoms with Crippen molar-refractivity contribution >= 4 is 23.7 Å². The van der Waals surface area contributed by atoms with Crippen LogP contribution in [0.1, 0.15) is 12.6 Å². The van der Waals surface area contributed by atoms with Gasteiger partial charge in [-0.1, -0.05) is 0 Å². The highest BCUT2D eigenvalue weighted by Gasteiger charge is 2.16. The molecule has 1 rings (SSSR count). The number of nitrogens with one attached hydrogen (secondary N) is 1. The molecule has 0 spiro atoms. The van der Waals surface area contributed by atoms with Crippen molar-refractivity contribution in [3.63, 3.8) is 0 Å². The molecule has 1 aromatic rings. The van der Waals surface area contributed by atoms with Crippen molar-refractivity contribution < 1.29 is 24.2 Å². The van der Waals surface area contributed by atoms with Crippen LogP contribution in [0.2, 0.25) is 0 Å². The van der Waals surface area contributed by atoms with Crippen LogP contribution < -0.4 is 5.32 Å². The number of methoxy groups -OCH3 is 1. The number of esters is 1. The normalized spacial score (nSPS) is 9.81. The number of carboxylic acids is 1. The lowest BCUT2D eigenvalue weighted by Crippen LogP contribution is -2.39. The summed E-state index contributed by atoms with van der Waals surface area (Å²) in [6.07, 6.45) is 1.18. The van der Waals surface area contributed by atoms with E-state index in [4.69, 9.17) is 5.11 Å². The molecule has 0 fully saturated rings. The predicted octanol–water partition coefficient (Wildman–Crippen LogP) is 0.736. The van der Waals surface area contributed by atoms with Gasteiger partial charge >= 0.3 is 18.0 Å². The van der Waals surface area contributed by atoms with E-state index < -0.39 is 18.0 Å². The molecule has 0 atom stereocenters. The first-order valence-electron chi connectivity index (χ1n) is 6.25. The van der Waals surface area contributed by atoms with Gasteiger partial charge in [0, 0.05) is 6.54 Å². The molecule has 1 heterocycles. The minimum atomic E-state index is -0.977. The number of amides is 2. The number of nitrogens with zero attached hydrogens (tertiary/aromatic N) is 2. The number of pyridine rings is 1. The number of rotatable bonds is 6. The van der Waals surface area contributed by atoms with Gasteiger partial charge in [-0.15, -0.1) is 0 Å². The summed E-state index contributed by atoms with van der Waals surface area (Å²) in [7, 11) is 1.25. The molecule has 2 N–H and O–H groups in total. The van der Waals surface area contributed by atoms with Crippen LogP contribution in [0, 0.1) is 0 Å². The van der Waals surface area contributed by atoms with E-state index in [0.29, 0.717) is 17.9 Å². The fraction of sp³-hybridized carbons (Fsp3) is 0.385. The summed E-state index contributed by atoms with van der Waals surface area (Å²) in [4.78, 5) is 38.9. The van der Waals surface area contributed by atoms with E-state index in [9.17, 15) is 14.4 Å². The first-order valence-corrected chi connectivity index (χ1v) is 6.25. The lowest BCUT2D eigenvalue weighted by Gasteiger charge is -2.19. The number of urea groups is 1. The Kier molecular flexibility index (Phi) is 6.12. The van der Waals surface area contributed by atoms with Crippen LogP contribution in [-0.4, -0.2) is 53.2 Å². The van der Waals surface area contributed by atoms with Gasteiger partial charge in [0.1, 0.15) is 6.54 Å². The summed E-state index contributed by atoms with van der Waals surface area (Å²) in [5, 5.41) is 11.2. The average molecular weight is 295 g/mol. The quantitative estimate of drug-likeness (QED) is 0.749. The van der Waals surface area contributed by atoms with Gasteiger partial charge in [-0.2, -0.15) is 0 Å². The SMILES string of the molecule is CCN(CC(=O)OC)C(=O)Nc1ccc(CC(=O)O)nc1. The first kappa shape index (κ1) is 16.4. The lowest BCUT2D eigenvalue weighted by atomic mass is 10.2. The molecule has 114 valence electrons. The second-order valence-corrected chi connectivity index (χ2v) is 4.13. The number of carboxylic acid groups (broad SMARTS) is 1. The van der Waals surface area contributed by atoms with Gasteiger partial charge < -0.3 is 20.1 Å². The summed E-state index contributed by atoms with van der Waals surface area (Å²) in [5.74, 6) is -1.49. The largest absolute Gasteiger partial charge is 0.481 e. The first-order chi connectivity index (χ1) is 9.96. The van der Waals surface area contributed by atoms with Crippen molar-refractivity contribution in [3.05, 3.63) is 24.0 Å². The standard InChI is InChI=1S/C13H17N3O5/c1-3-16(8-12(19)21-2)13(20)15-10-5-4-9(14-7-10)6-11(17)18/h4-5,7H,3,6,8H2,1-2H3,(H,15,20)(H,17,18). The number of hydrogen-bond donors (Lipinski definition) is 2. The molecule has 0 aromatic carbocycles. The molecule has 21 heavy (non-hydrogen) atoms. The maximum Gasteiger partial charge on any atom is 0.325 e. The lowest BCUT2D eigenvalue weighted by molar-refractivity contribution is -0.141. The Balaban J connectivity index is 2.64. The van der Waals surface area contributed by atoms with Crippen LogP contribution in [0.3, 0.4) is 0 Å². The van der Waals surface area contributed by atoms with E-state index >= 15 is 0 Å². The molecule has 0 saturated heterocycles. The molecule has 8 heteroatoms. The van der Waals surface area contributed by atoms with Crippen LogP contribution in [0.25, 0.3) is 0 Å². The summed E-state index contributed by atoms with van der Waals surface area (Å²) in [6, 6.07) is 2.60. The molecule has 8 nitrogen and oxygen atoms in total. The number of ether oxygens (including phenoxy) is 1. The number of carbonyl (C=O) groups is 3. The molecule has 2 amide bonds. The van der Waals surface area contributed by atoms with Crippen molar-refractivity contribution in [2.45, 2.75) is 13.3 Å². The zero-order valence-corrected chi connectivity index (χ0v) is 11.8. The zero-order chi connectivity index (χ0) is 15.8. The van der Waals surface area contributed by atoms with Crippen molar-refractivity contribution in [2.75, 3.05) is 25.5 Å². The summed E-state index contributed by atoms with van der Waals surface area (Å²) >= 11 is 0. The zero-order valence-electron chi connectivity index (χ0n) is 11.8. The highest BCUT2D eigenvalue weighted by molar-refractivity contribution is 5.91. The second kappa shape index (κ2) is 7.83. The van der Waals surface area contributed by atoms with Gasteiger partial charge in [0.05, 0.1) is 31.1 Å². The van der Waals surface area contributed by atoms with Crippen LogP contribution in [0.5, 0.6) is 0 Å². The summed E-state index contributed by atoms with van der Waals surface area (Å²) < 4.78 is 4.51. The minimum Gasteiger partial charge on any atom is -0.481 e. The van der Waals surface area contributed by atoms with E-state index in [1.807, 2.05) is 0 Å². The highest BCUT2D eigenvalue weighted by atomic mass is 16.5. The van der Waals surface area contributed by atoms with E-state index in [-0.39, 0.29) is 13.0 Å². The smallest absolute Gasteiger partial charge is 0.325 e. The Labute approximate surface area is 121 Å². The number of aliphatic carboxylic acids is 1. The molecular weight excluding hydrogens is 278 g/mol. The van der Waals surface area contributed by atoms with Gasteiger partial charge in [-0.05, 0) is 19.1 Å². The van der Waals surface area contributed by atoms with E-state index in [0.717, 1.165) is 0 Å². The van der Waals surface area contributed by atoms with Crippen LogP contribution in [0.4, 0.5) is 10.5 Å². The van der Waals surface area contributed by atoms with Crippen LogP contribution in [0.15, 0.2) is 18.3 Å². The number of likely N-dealkylation sites (N-methyl/N-ethyl adjacent to an activating group) is 1. The topological polar surface area (TPSA) is 109 Å². The Bertz CT molecular complexity index is 515. The van der Waals surface area contributed by atoms with Gasteiger partial charge in [-0.3, -0.25) is 14.6 Å². The summed E-state index contributed by atoms with van der Waals surface area (Å²) in [6.45, 7) is 1.92. The fourth-order valence-electron chi connectivity index (χ4n) is 1.51. The van der Waals surface area contributed by atoms with Gasteiger partial charge in [-0.25, -0.2) is 4.79 Å². The van der Waals surface area contributed by atoms with Crippen molar-refractivity contribution in [1.82, 2.24) is 9.88 Å². The van der Waals surface area contributed by atoms with E-state index in [1.54, 1.807) is 13.0 Å². The molecule has 0 saturated carbocycles. The number of anilines is 1. The van der Waals surface area contributed by atoms with Gasteiger partial charge in [0.25, 0.3) is 0 Å². The van der Waals surface area contributed by atoms with Gasteiger partial charge in [0.15, 0.2) is 0 Å². The molecule has 0 aliphatic heterocycles. The van der Waals surface area contributed by atoms with Crippen LogP contribution >= 0.6 is 0 Å². The maximum absolute atomic E-state index is 11.9. The summed E-state index contributed by atoms with van der Waals surface area (Å²) in [5.41, 5.74) is 0.805. The van der Waals surface area contributed by atoms with Crippen molar-refractivity contribution in [1.29, 1.82) is 0 Å². The predicted molar refractivity (Wildman–Crippen MR) is 73.9 cm³/mol. The molecule has 0 aliphatic rings. The van der Waals surface area contributed by atoms with E-state index in [2.05, 4.69) is 15.0 Å². The monoisotopic (exact) mass is 295 g/mol. The molecular formula is C13H17N3O5. The van der Waals surface area contributed by atoms with Gasteiger partial charge in [0.2, 0.25) is 0 Å². The Morgan fingerprint density at radius 2 is 2.10 bits per heavy atom. The average Bonchev–Trinajstić information content (AvgIpc) is 2.45. The third kappa shape index (κ3) is 5.47. The van der Waals surface area contributed by atoms with Crippen molar-refractivity contribution in [2.24, 2.45) is 0 Å².